The van der Waals surface area contributed by atoms with Gasteiger partial charge in [0, 0.05) is 6.20 Å². The van der Waals surface area contributed by atoms with Crippen molar-refractivity contribution in [2.45, 2.75) is 6.92 Å². The second-order valence-electron chi connectivity index (χ2n) is 4.70. The Morgan fingerprint density at radius 2 is 2.22 bits per heavy atom. The molecule has 0 radical (unpaired) electrons. The average Bonchev–Trinajstić information content (AvgIpc) is 2.52. The van der Waals surface area contributed by atoms with Crippen molar-refractivity contribution in [2.75, 3.05) is 18.5 Å². The highest BCUT2D eigenvalue weighted by Gasteiger charge is 2.15. The molecule has 0 spiro atoms. The van der Waals surface area contributed by atoms with Gasteiger partial charge in [0.05, 0.1) is 11.5 Å². The number of carbonyl (C=O) groups is 1. The molecule has 0 aliphatic carbocycles. The largest absolute Gasteiger partial charge is 0.492 e. The topological polar surface area (TPSA) is 106 Å². The van der Waals surface area contributed by atoms with Gasteiger partial charge in [0.2, 0.25) is 0 Å². The lowest BCUT2D eigenvalue weighted by molar-refractivity contribution is -0.384. The van der Waals surface area contributed by atoms with E-state index in [1.807, 2.05) is 31.2 Å². The Bertz CT molecular complexity index is 705. The Morgan fingerprint density at radius 1 is 1.39 bits per heavy atom. The summed E-state index contributed by atoms with van der Waals surface area (Å²) >= 11 is 0. The number of pyridine rings is 1. The van der Waals surface area contributed by atoms with Crippen LogP contribution in [0, 0.1) is 17.0 Å². The minimum absolute atomic E-state index is 0.0853. The predicted molar refractivity (Wildman–Crippen MR) is 84.6 cm³/mol. The summed E-state index contributed by atoms with van der Waals surface area (Å²) < 4.78 is 5.49. The monoisotopic (exact) mass is 316 g/mol. The lowest BCUT2D eigenvalue weighted by Crippen LogP contribution is -2.32. The molecule has 2 aromatic rings. The third kappa shape index (κ3) is 4.95. The zero-order valence-electron chi connectivity index (χ0n) is 12.5. The maximum Gasteiger partial charge on any atom is 0.319 e. The van der Waals surface area contributed by atoms with Gasteiger partial charge in [0.15, 0.2) is 0 Å². The van der Waals surface area contributed by atoms with Crippen molar-refractivity contribution in [3.63, 3.8) is 0 Å². The van der Waals surface area contributed by atoms with Crippen LogP contribution in [0.4, 0.5) is 16.2 Å². The highest BCUT2D eigenvalue weighted by atomic mass is 16.6. The molecule has 2 N–H and O–H groups in total. The van der Waals surface area contributed by atoms with Crippen molar-refractivity contribution in [3.05, 3.63) is 58.4 Å². The second-order valence-corrected chi connectivity index (χ2v) is 4.70. The van der Waals surface area contributed by atoms with E-state index in [0.717, 1.165) is 17.5 Å². The van der Waals surface area contributed by atoms with Crippen LogP contribution in [0.15, 0.2) is 42.7 Å². The van der Waals surface area contributed by atoms with Crippen LogP contribution >= 0.6 is 0 Å². The lowest BCUT2D eigenvalue weighted by Gasteiger charge is -2.09. The number of ether oxygens (including phenoxy) is 1. The van der Waals surface area contributed by atoms with Gasteiger partial charge in [-0.1, -0.05) is 12.1 Å². The molecule has 0 saturated carbocycles. The van der Waals surface area contributed by atoms with E-state index in [0.29, 0.717) is 0 Å². The SMILES string of the molecule is Cc1cccc(OCCNC(=O)Nc2ccncc2[N+](=O)[O-])c1. The molecule has 0 atom stereocenters. The summed E-state index contributed by atoms with van der Waals surface area (Å²) in [6, 6.07) is 8.37. The maximum absolute atomic E-state index is 11.7. The summed E-state index contributed by atoms with van der Waals surface area (Å²) in [7, 11) is 0. The van der Waals surface area contributed by atoms with E-state index in [2.05, 4.69) is 15.6 Å². The van der Waals surface area contributed by atoms with Crippen molar-refractivity contribution in [3.8, 4) is 5.75 Å². The third-order valence-corrected chi connectivity index (χ3v) is 2.89. The summed E-state index contributed by atoms with van der Waals surface area (Å²) in [4.78, 5) is 25.6. The zero-order valence-corrected chi connectivity index (χ0v) is 12.5. The van der Waals surface area contributed by atoms with Gasteiger partial charge in [-0.05, 0) is 30.7 Å². The summed E-state index contributed by atoms with van der Waals surface area (Å²) in [5.74, 6) is 0.719. The molecule has 0 aliphatic rings. The van der Waals surface area contributed by atoms with Crippen LogP contribution in [-0.4, -0.2) is 29.1 Å². The summed E-state index contributed by atoms with van der Waals surface area (Å²) in [5, 5.41) is 15.8. The van der Waals surface area contributed by atoms with Crippen molar-refractivity contribution < 1.29 is 14.5 Å². The molecule has 2 rings (SSSR count). The quantitative estimate of drug-likeness (QED) is 0.484. The number of amides is 2. The van der Waals surface area contributed by atoms with E-state index in [9.17, 15) is 14.9 Å². The number of hydrogen-bond acceptors (Lipinski definition) is 5. The number of nitrogens with one attached hydrogen (secondary N) is 2. The van der Waals surface area contributed by atoms with Gasteiger partial charge in [-0.3, -0.25) is 15.1 Å². The number of urea groups is 1. The number of aromatic nitrogens is 1. The summed E-state index contributed by atoms with van der Waals surface area (Å²) in [5.41, 5.74) is 0.902. The minimum Gasteiger partial charge on any atom is -0.492 e. The van der Waals surface area contributed by atoms with E-state index in [1.54, 1.807) is 0 Å². The molecular formula is C15H16N4O4. The van der Waals surface area contributed by atoms with E-state index in [4.69, 9.17) is 4.74 Å². The van der Waals surface area contributed by atoms with E-state index in [1.165, 1.54) is 12.3 Å². The lowest BCUT2D eigenvalue weighted by atomic mass is 10.2. The number of aryl methyl sites for hydroxylation is 1. The maximum atomic E-state index is 11.7. The molecule has 0 fully saturated rings. The van der Waals surface area contributed by atoms with Gasteiger partial charge >= 0.3 is 11.7 Å². The molecule has 2 amide bonds. The molecule has 8 heteroatoms. The van der Waals surface area contributed by atoms with Crippen molar-refractivity contribution in [1.82, 2.24) is 10.3 Å². The fourth-order valence-corrected chi connectivity index (χ4v) is 1.84. The molecule has 8 nitrogen and oxygen atoms in total. The Kier molecular flexibility index (Phi) is 5.45. The van der Waals surface area contributed by atoms with Crippen LogP contribution in [0.25, 0.3) is 0 Å². The standard InChI is InChI=1S/C15H16N4O4/c1-11-3-2-4-12(9-11)23-8-7-17-15(20)18-13-5-6-16-10-14(13)19(21)22/h2-6,9-10H,7-8H2,1H3,(H2,16,17,18,20). The number of nitro groups is 1. The van der Waals surface area contributed by atoms with Crippen molar-refractivity contribution >= 4 is 17.4 Å². The Labute approximate surface area is 132 Å². The van der Waals surface area contributed by atoms with Crippen LogP contribution in [0.1, 0.15) is 5.56 Å². The third-order valence-electron chi connectivity index (χ3n) is 2.89. The van der Waals surface area contributed by atoms with Crippen molar-refractivity contribution in [2.24, 2.45) is 0 Å². The zero-order chi connectivity index (χ0) is 16.7. The van der Waals surface area contributed by atoms with Gasteiger partial charge in [0.25, 0.3) is 0 Å². The molecule has 1 aromatic heterocycles. The Balaban J connectivity index is 1.79. The molecule has 0 unspecified atom stereocenters. The second kappa shape index (κ2) is 7.74. The Morgan fingerprint density at radius 3 is 2.96 bits per heavy atom. The number of rotatable bonds is 6. The predicted octanol–water partition coefficient (Wildman–Crippen LogP) is 2.50. The molecular weight excluding hydrogens is 300 g/mol. The molecule has 0 saturated heterocycles. The van der Waals surface area contributed by atoms with E-state index in [-0.39, 0.29) is 24.5 Å². The first-order valence-corrected chi connectivity index (χ1v) is 6.89. The minimum atomic E-state index is -0.608. The highest BCUT2D eigenvalue weighted by Crippen LogP contribution is 2.21. The first kappa shape index (κ1) is 16.2. The molecule has 0 aliphatic heterocycles. The number of benzene rings is 1. The number of anilines is 1. The van der Waals surface area contributed by atoms with Crippen LogP contribution < -0.4 is 15.4 Å². The van der Waals surface area contributed by atoms with E-state index >= 15 is 0 Å². The molecule has 1 aromatic carbocycles. The molecule has 23 heavy (non-hydrogen) atoms. The van der Waals surface area contributed by atoms with Crippen molar-refractivity contribution in [1.29, 1.82) is 0 Å². The Hall–Kier alpha value is -3.16. The van der Waals surface area contributed by atoms with Crippen LogP contribution in [0.5, 0.6) is 5.75 Å². The van der Waals surface area contributed by atoms with Gasteiger partial charge in [-0.2, -0.15) is 0 Å². The van der Waals surface area contributed by atoms with Crippen LogP contribution in [-0.2, 0) is 0 Å². The number of nitrogens with zero attached hydrogens (tertiary/aromatic N) is 2. The molecule has 0 bridgehead atoms. The highest BCUT2D eigenvalue weighted by molar-refractivity contribution is 5.91. The number of carbonyl (C=O) groups excluding carboxylic acids is 1. The average molecular weight is 316 g/mol. The number of hydrogen-bond donors (Lipinski definition) is 2. The normalized spacial score (nSPS) is 9.96. The van der Waals surface area contributed by atoms with Gasteiger partial charge in [0.1, 0.15) is 24.2 Å². The van der Waals surface area contributed by atoms with Crippen LogP contribution in [0.2, 0.25) is 0 Å². The van der Waals surface area contributed by atoms with Gasteiger partial charge in [-0.25, -0.2) is 4.79 Å². The molecule has 1 heterocycles. The first-order valence-electron chi connectivity index (χ1n) is 6.89. The van der Waals surface area contributed by atoms with Gasteiger partial charge < -0.3 is 15.4 Å². The van der Waals surface area contributed by atoms with Crippen LogP contribution in [0.3, 0.4) is 0 Å². The van der Waals surface area contributed by atoms with E-state index < -0.39 is 11.0 Å². The summed E-state index contributed by atoms with van der Waals surface area (Å²) in [6.45, 7) is 2.51. The first-order chi connectivity index (χ1) is 11.1. The fourth-order valence-electron chi connectivity index (χ4n) is 1.84. The van der Waals surface area contributed by atoms with Gasteiger partial charge in [-0.15, -0.1) is 0 Å². The summed E-state index contributed by atoms with van der Waals surface area (Å²) in [6.07, 6.45) is 2.44. The smallest absolute Gasteiger partial charge is 0.319 e. The fraction of sp³-hybridized carbons (Fsp3) is 0.200. The molecule has 120 valence electrons.